The van der Waals surface area contributed by atoms with Gasteiger partial charge in [0.1, 0.15) is 23.0 Å². The lowest BCUT2D eigenvalue weighted by atomic mass is 9.62. The van der Waals surface area contributed by atoms with Gasteiger partial charge in [0.05, 0.1) is 30.4 Å². The van der Waals surface area contributed by atoms with Crippen molar-refractivity contribution in [3.05, 3.63) is 87.2 Å². The molecule has 0 saturated carbocycles. The van der Waals surface area contributed by atoms with Crippen molar-refractivity contribution >= 4 is 52.3 Å². The van der Waals surface area contributed by atoms with E-state index in [4.69, 9.17) is 33.7 Å². The molecule has 6 N–H and O–H groups in total. The van der Waals surface area contributed by atoms with E-state index in [2.05, 4.69) is 10.6 Å². The number of carbonyl (C=O) groups is 3. The maximum atomic E-state index is 15.9. The summed E-state index contributed by atoms with van der Waals surface area (Å²) in [5.41, 5.74) is 4.46. The van der Waals surface area contributed by atoms with Crippen molar-refractivity contribution < 1.29 is 33.2 Å². The molecule has 0 aliphatic carbocycles. The molecular formula is C31H31Cl2F2N4O4+. The number of primary amides is 1. The van der Waals surface area contributed by atoms with Gasteiger partial charge in [0.2, 0.25) is 11.8 Å². The molecule has 226 valence electrons. The summed E-state index contributed by atoms with van der Waals surface area (Å²) < 4.78 is 35.6. The lowest BCUT2D eigenvalue weighted by molar-refractivity contribution is -0.695. The number of nitrogens with one attached hydrogen (secondary N) is 2. The number of hydrogen-bond donors (Lipinski definition) is 4. The fourth-order valence-corrected chi connectivity index (χ4v) is 6.87. The monoisotopic (exact) mass is 631 g/mol. The topological polar surface area (TPSA) is 127 Å². The number of nitrogens with two attached hydrogens (primary N) is 2. The zero-order valence-corrected chi connectivity index (χ0v) is 25.2. The van der Waals surface area contributed by atoms with E-state index in [1.807, 2.05) is 0 Å². The molecule has 12 heteroatoms. The second-order valence-corrected chi connectivity index (χ2v) is 12.6. The zero-order chi connectivity index (χ0) is 31.3. The molecule has 3 aromatic rings. The van der Waals surface area contributed by atoms with Crippen molar-refractivity contribution in [2.45, 2.75) is 43.7 Å². The molecule has 3 amide bonds. The van der Waals surface area contributed by atoms with Crippen LogP contribution in [0.5, 0.6) is 5.75 Å². The Hall–Kier alpha value is -3.73. The summed E-state index contributed by atoms with van der Waals surface area (Å²) in [6.07, 6.45) is 0.179. The van der Waals surface area contributed by atoms with Crippen molar-refractivity contribution in [3.8, 4) is 5.75 Å². The molecule has 2 aliphatic rings. The van der Waals surface area contributed by atoms with E-state index in [1.54, 1.807) is 43.4 Å². The van der Waals surface area contributed by atoms with Gasteiger partial charge in [-0.25, -0.2) is 4.39 Å². The van der Waals surface area contributed by atoms with E-state index in [-0.39, 0.29) is 34.0 Å². The van der Waals surface area contributed by atoms with Crippen LogP contribution in [0.2, 0.25) is 10.0 Å². The first-order valence-corrected chi connectivity index (χ1v) is 14.3. The Morgan fingerprint density at radius 2 is 1.91 bits per heavy atom. The van der Waals surface area contributed by atoms with Crippen LogP contribution >= 0.6 is 23.2 Å². The van der Waals surface area contributed by atoms with Crippen LogP contribution in [0.15, 0.2) is 54.6 Å². The quantitative estimate of drug-likeness (QED) is 0.291. The van der Waals surface area contributed by atoms with Gasteiger partial charge in [0.15, 0.2) is 6.04 Å². The lowest BCUT2D eigenvalue weighted by Crippen LogP contribution is -2.95. The smallest absolute Gasteiger partial charge is 0.283 e. The van der Waals surface area contributed by atoms with Crippen molar-refractivity contribution in [1.29, 1.82) is 0 Å². The number of rotatable bonds is 8. The highest BCUT2D eigenvalue weighted by atomic mass is 35.5. The molecule has 0 aromatic heterocycles. The van der Waals surface area contributed by atoms with Gasteiger partial charge in [-0.2, -0.15) is 0 Å². The van der Waals surface area contributed by atoms with Gasteiger partial charge in [-0.05, 0) is 47.4 Å². The molecule has 2 aliphatic heterocycles. The minimum absolute atomic E-state index is 0.0680. The first kappa shape index (κ1) is 30.7. The van der Waals surface area contributed by atoms with Crippen LogP contribution < -0.4 is 26.4 Å². The Labute approximate surface area is 257 Å². The highest BCUT2D eigenvalue weighted by Crippen LogP contribution is 2.55. The number of ether oxygens (including phenoxy) is 1. The van der Waals surface area contributed by atoms with E-state index in [1.165, 1.54) is 37.4 Å². The second-order valence-electron chi connectivity index (χ2n) is 11.7. The number of anilines is 2. The summed E-state index contributed by atoms with van der Waals surface area (Å²) in [5, 5.41) is 7.64. The average Bonchev–Trinajstić information content (AvgIpc) is 3.44. The van der Waals surface area contributed by atoms with Crippen LogP contribution in [-0.2, 0) is 15.0 Å². The Kier molecular flexibility index (Phi) is 8.15. The number of hydrogen-bond acceptors (Lipinski definition) is 4. The second kappa shape index (κ2) is 11.4. The predicted molar refractivity (Wildman–Crippen MR) is 160 cm³/mol. The molecule has 1 fully saturated rings. The summed E-state index contributed by atoms with van der Waals surface area (Å²) in [4.78, 5) is 40.1. The summed E-state index contributed by atoms with van der Waals surface area (Å²) in [6, 6.07) is 11.9. The van der Waals surface area contributed by atoms with Gasteiger partial charge in [-0.15, -0.1) is 0 Å². The van der Waals surface area contributed by atoms with Crippen LogP contribution in [0.1, 0.15) is 47.7 Å². The predicted octanol–water partition coefficient (Wildman–Crippen LogP) is 4.55. The number of methoxy groups -OCH3 is 1. The molecule has 2 heterocycles. The molecule has 4 atom stereocenters. The first-order valence-electron chi connectivity index (χ1n) is 13.6. The summed E-state index contributed by atoms with van der Waals surface area (Å²) in [7, 11) is 1.37. The first-order chi connectivity index (χ1) is 20.3. The van der Waals surface area contributed by atoms with Gasteiger partial charge >= 0.3 is 0 Å². The zero-order valence-electron chi connectivity index (χ0n) is 23.6. The Bertz CT molecular complexity index is 1640. The van der Waals surface area contributed by atoms with Crippen molar-refractivity contribution in [2.24, 2.45) is 11.1 Å². The minimum Gasteiger partial charge on any atom is -0.495 e. The number of benzene rings is 3. The van der Waals surface area contributed by atoms with E-state index >= 15 is 4.39 Å². The van der Waals surface area contributed by atoms with Gasteiger partial charge in [-0.1, -0.05) is 55.2 Å². The third-order valence-electron chi connectivity index (χ3n) is 8.42. The highest BCUT2D eigenvalue weighted by molar-refractivity contribution is 6.31. The summed E-state index contributed by atoms with van der Waals surface area (Å²) >= 11 is 12.5. The number of alkyl halides is 1. The Morgan fingerprint density at radius 1 is 1.16 bits per heavy atom. The number of fused-ring (bicyclic) bond motifs is 2. The van der Waals surface area contributed by atoms with Crippen molar-refractivity contribution in [1.82, 2.24) is 0 Å². The maximum absolute atomic E-state index is 15.9. The number of quaternary nitrogens is 1. The largest absolute Gasteiger partial charge is 0.495 e. The van der Waals surface area contributed by atoms with E-state index in [9.17, 15) is 18.8 Å². The third-order valence-corrected chi connectivity index (χ3v) is 8.95. The number of carbonyl (C=O) groups excluding carboxylic acids is 3. The van der Waals surface area contributed by atoms with E-state index in [0.29, 0.717) is 16.3 Å². The molecule has 43 heavy (non-hydrogen) atoms. The van der Waals surface area contributed by atoms with Crippen molar-refractivity contribution in [2.75, 3.05) is 24.4 Å². The van der Waals surface area contributed by atoms with Gasteiger partial charge in [0.25, 0.3) is 5.91 Å². The van der Waals surface area contributed by atoms with Crippen LogP contribution in [0, 0.1) is 11.2 Å². The standard InChI is InChI=1S/C31H30Cl2F2N4O4/c1-30(2,14-34)13-23-31(18-9-8-16(32)12-21(18)38-29(31)42)24(17-5-4-6-19(33)25(17)35)26(39-23)28(41)37-20-10-7-15(27(36)40)11-22(20)43-3/h4-12,23-24,26,39H,13-14H2,1-3H3,(H2,36,40)(H,37,41)(H,38,42)/p+1. The molecule has 5 rings (SSSR count). The van der Waals surface area contributed by atoms with Gasteiger partial charge in [0, 0.05) is 28.3 Å². The highest BCUT2D eigenvalue weighted by Gasteiger charge is 2.69. The summed E-state index contributed by atoms with van der Waals surface area (Å²) in [5.74, 6) is -3.36. The molecule has 0 bridgehead atoms. The van der Waals surface area contributed by atoms with E-state index < -0.39 is 59.0 Å². The molecule has 8 nitrogen and oxygen atoms in total. The third kappa shape index (κ3) is 5.21. The minimum atomic E-state index is -1.50. The molecule has 1 saturated heterocycles. The van der Waals surface area contributed by atoms with Crippen LogP contribution in [0.3, 0.4) is 0 Å². The van der Waals surface area contributed by atoms with Crippen molar-refractivity contribution in [3.63, 3.8) is 0 Å². The Morgan fingerprint density at radius 3 is 2.58 bits per heavy atom. The van der Waals surface area contributed by atoms with E-state index in [0.717, 1.165) is 0 Å². The van der Waals surface area contributed by atoms with Gasteiger partial charge < -0.3 is 26.4 Å². The normalized spacial score (nSPS) is 22.8. The molecule has 4 unspecified atom stereocenters. The Balaban J connectivity index is 1.71. The van der Waals surface area contributed by atoms with Gasteiger partial charge in [-0.3, -0.25) is 18.8 Å². The molecule has 3 aromatic carbocycles. The van der Waals surface area contributed by atoms with Crippen LogP contribution in [-0.4, -0.2) is 43.6 Å². The maximum Gasteiger partial charge on any atom is 0.283 e. The van der Waals surface area contributed by atoms with Crippen LogP contribution in [0.4, 0.5) is 20.2 Å². The lowest BCUT2D eigenvalue weighted by Gasteiger charge is -2.35. The summed E-state index contributed by atoms with van der Waals surface area (Å²) in [6.45, 7) is 2.79. The number of halogens is 4. The molecular weight excluding hydrogens is 601 g/mol. The molecule has 0 radical (unpaired) electrons. The fraction of sp³-hybridized carbons (Fsp3) is 0.323. The SMILES string of the molecule is COc1cc(C(N)=O)ccc1NC(=O)C1[NH2+]C(CC(C)(C)CF)C2(C(=O)Nc3cc(Cl)ccc32)C1c1cccc(Cl)c1F. The molecule has 1 spiro atoms. The fourth-order valence-electron chi connectivity index (χ4n) is 6.51. The van der Waals surface area contributed by atoms with Crippen LogP contribution in [0.25, 0.3) is 0 Å². The average molecular weight is 633 g/mol. The number of amides is 3.